The number of halogens is 3. The number of rotatable bonds is 1. The molecule has 3 rings (SSSR count). The fraction of sp³-hybridized carbons (Fsp3) is 0.308. The van der Waals surface area contributed by atoms with Gasteiger partial charge in [-0.05, 0) is 5.56 Å². The molecule has 1 amide bonds. The van der Waals surface area contributed by atoms with Crippen LogP contribution in [0.3, 0.4) is 0 Å². The molecule has 0 radical (unpaired) electrons. The van der Waals surface area contributed by atoms with Gasteiger partial charge in [0.15, 0.2) is 5.82 Å². The minimum absolute atomic E-state index is 0.0660. The van der Waals surface area contributed by atoms with Crippen molar-refractivity contribution in [1.82, 2.24) is 14.9 Å². The summed E-state index contributed by atoms with van der Waals surface area (Å²) >= 11 is 0. The van der Waals surface area contributed by atoms with E-state index in [4.69, 9.17) is 0 Å². The van der Waals surface area contributed by atoms with Crippen molar-refractivity contribution in [2.24, 2.45) is 0 Å². The molecule has 2 aromatic rings. The summed E-state index contributed by atoms with van der Waals surface area (Å²) < 4.78 is 39.7. The molecular weight excluding hydrogens is 285 g/mol. The summed E-state index contributed by atoms with van der Waals surface area (Å²) in [5.74, 6) is -2.01. The highest BCUT2D eigenvalue weighted by Crippen LogP contribution is 2.35. The van der Waals surface area contributed by atoms with Gasteiger partial charge in [0, 0.05) is 13.5 Å². The molecule has 1 unspecified atom stereocenters. The first-order valence-corrected chi connectivity index (χ1v) is 6.24. The van der Waals surface area contributed by atoms with Crippen molar-refractivity contribution < 1.29 is 18.0 Å². The van der Waals surface area contributed by atoms with E-state index in [0.29, 0.717) is 0 Å². The first kappa shape index (κ1) is 13.6. The van der Waals surface area contributed by atoms with Crippen molar-refractivity contribution in [3.63, 3.8) is 0 Å². The van der Waals surface area contributed by atoms with Crippen LogP contribution >= 0.6 is 0 Å². The average molecular weight is 296 g/mol. The fourth-order valence-corrected chi connectivity index (χ4v) is 2.44. The largest absolute Gasteiger partial charge is 0.453 e. The van der Waals surface area contributed by atoms with Crippen molar-refractivity contribution >= 4 is 5.91 Å². The first-order valence-electron chi connectivity index (χ1n) is 6.24. The molecule has 2 heterocycles. The molecule has 0 spiro atoms. The quantitative estimate of drug-likeness (QED) is 0.808. The van der Waals surface area contributed by atoms with E-state index < -0.39 is 23.8 Å². The summed E-state index contributed by atoms with van der Waals surface area (Å²) in [5.41, 5.74) is 0.737. The Morgan fingerprint density at radius 1 is 1.19 bits per heavy atom. The predicted molar refractivity (Wildman–Crippen MR) is 67.1 cm³/mol. The molecule has 0 saturated heterocycles. The monoisotopic (exact) mass is 296 g/mol. The van der Waals surface area contributed by atoms with Gasteiger partial charge >= 0.3 is 6.18 Å². The van der Waals surface area contributed by atoms with Crippen molar-refractivity contribution in [3.05, 3.63) is 47.5 Å². The first-order chi connectivity index (χ1) is 9.89. The van der Waals surface area contributed by atoms with E-state index in [1.807, 2.05) is 0 Å². The summed E-state index contributed by atoms with van der Waals surface area (Å²) in [4.78, 5) is 12.0. The van der Waals surface area contributed by atoms with Crippen molar-refractivity contribution in [3.8, 4) is 0 Å². The number of fused-ring (bicyclic) bond motifs is 1. The second kappa shape index (κ2) is 4.57. The minimum atomic E-state index is -4.67. The maximum absolute atomic E-state index is 13.0. The lowest BCUT2D eigenvalue weighted by atomic mass is 9.93. The maximum atomic E-state index is 13.0. The zero-order valence-electron chi connectivity index (χ0n) is 11.0. The van der Waals surface area contributed by atoms with E-state index in [9.17, 15) is 18.0 Å². The average Bonchev–Trinajstić information content (AvgIpc) is 2.89. The van der Waals surface area contributed by atoms with Crippen LogP contribution in [0.5, 0.6) is 0 Å². The lowest BCUT2D eigenvalue weighted by Gasteiger charge is -2.31. The third-order valence-electron chi connectivity index (χ3n) is 3.47. The van der Waals surface area contributed by atoms with Gasteiger partial charge in [-0.15, -0.1) is 10.2 Å². The molecule has 5 nitrogen and oxygen atoms in total. The van der Waals surface area contributed by atoms with Gasteiger partial charge < -0.3 is 0 Å². The van der Waals surface area contributed by atoms with Crippen molar-refractivity contribution in [1.29, 1.82) is 0 Å². The van der Waals surface area contributed by atoms with E-state index in [-0.39, 0.29) is 12.2 Å². The summed E-state index contributed by atoms with van der Waals surface area (Å²) in [6.45, 7) is 0. The Hall–Kier alpha value is -2.38. The molecule has 21 heavy (non-hydrogen) atoms. The molecule has 8 heteroatoms. The lowest BCUT2D eigenvalue weighted by Crippen LogP contribution is -2.45. The molecule has 1 aromatic carbocycles. The Morgan fingerprint density at radius 2 is 1.86 bits per heavy atom. The van der Waals surface area contributed by atoms with Crippen molar-refractivity contribution in [2.75, 3.05) is 12.1 Å². The highest BCUT2D eigenvalue weighted by Gasteiger charge is 2.44. The summed E-state index contributed by atoms with van der Waals surface area (Å²) in [7, 11) is 1.28. The highest BCUT2D eigenvalue weighted by atomic mass is 19.4. The molecule has 110 valence electrons. The number of carbonyl (C=O) groups excluding carboxylic acids is 1. The number of benzene rings is 1. The number of hydrogen-bond acceptors (Lipinski definition) is 3. The molecule has 0 N–H and O–H groups in total. The van der Waals surface area contributed by atoms with Gasteiger partial charge in [0.05, 0.1) is 5.92 Å². The SMILES string of the molecule is CN1C(=O)CC(c2ccccc2)c2nnc(C(F)(F)F)n21. The fourth-order valence-electron chi connectivity index (χ4n) is 2.44. The number of nitrogens with zero attached hydrogens (tertiary/aromatic N) is 4. The van der Waals surface area contributed by atoms with Gasteiger partial charge in [-0.25, -0.2) is 9.69 Å². The minimum Gasteiger partial charge on any atom is -0.273 e. The van der Waals surface area contributed by atoms with Crippen LogP contribution in [0.2, 0.25) is 0 Å². The summed E-state index contributed by atoms with van der Waals surface area (Å²) in [6.07, 6.45) is -4.60. The molecule has 0 fully saturated rings. The van der Waals surface area contributed by atoms with Crippen LogP contribution in [0, 0.1) is 0 Å². The third-order valence-corrected chi connectivity index (χ3v) is 3.47. The van der Waals surface area contributed by atoms with Gasteiger partial charge in [0.2, 0.25) is 5.91 Å². The third kappa shape index (κ3) is 2.16. The molecular formula is C13H11F3N4O. The summed E-state index contributed by atoms with van der Waals surface area (Å²) in [6, 6.07) is 8.85. The van der Waals surface area contributed by atoms with Gasteiger partial charge in [0.1, 0.15) is 0 Å². The molecule has 1 atom stereocenters. The number of hydrogen-bond donors (Lipinski definition) is 0. The number of carbonyl (C=O) groups is 1. The molecule has 0 bridgehead atoms. The Bertz CT molecular complexity index is 680. The van der Waals surface area contributed by atoms with Crippen molar-refractivity contribution in [2.45, 2.75) is 18.5 Å². The Kier molecular flexibility index (Phi) is 2.96. The maximum Gasteiger partial charge on any atom is 0.453 e. The van der Waals surface area contributed by atoms with E-state index in [2.05, 4.69) is 10.2 Å². The van der Waals surface area contributed by atoms with E-state index >= 15 is 0 Å². The Morgan fingerprint density at radius 3 is 2.48 bits per heavy atom. The normalized spacial score (nSPS) is 18.8. The Labute approximate surface area is 118 Å². The number of amides is 1. The van der Waals surface area contributed by atoms with Crippen LogP contribution in [-0.4, -0.2) is 27.8 Å². The topological polar surface area (TPSA) is 51.0 Å². The molecule has 1 aromatic heterocycles. The van der Waals surface area contributed by atoms with E-state index in [1.165, 1.54) is 7.05 Å². The Balaban J connectivity index is 2.16. The molecule has 0 aliphatic carbocycles. The second-order valence-corrected chi connectivity index (χ2v) is 4.78. The number of aromatic nitrogens is 3. The zero-order chi connectivity index (χ0) is 15.2. The van der Waals surface area contributed by atoms with Crippen LogP contribution in [0.15, 0.2) is 30.3 Å². The second-order valence-electron chi connectivity index (χ2n) is 4.78. The van der Waals surface area contributed by atoms with Crippen LogP contribution in [0.4, 0.5) is 13.2 Å². The summed E-state index contributed by atoms with van der Waals surface area (Å²) in [5, 5.41) is 7.80. The highest BCUT2D eigenvalue weighted by molar-refractivity contribution is 5.87. The van der Waals surface area contributed by atoms with Crippen LogP contribution in [0.25, 0.3) is 0 Å². The van der Waals surface area contributed by atoms with Gasteiger partial charge in [-0.2, -0.15) is 13.2 Å². The van der Waals surface area contributed by atoms with Gasteiger partial charge in [-0.3, -0.25) is 4.79 Å². The standard InChI is InChI=1S/C13H11F3N4O/c1-19-10(21)7-9(8-5-3-2-4-6-8)11-17-18-12(20(11)19)13(14,15)16/h2-6,9H,7H2,1H3. The van der Waals surface area contributed by atoms with E-state index in [0.717, 1.165) is 15.2 Å². The van der Waals surface area contributed by atoms with Crippen LogP contribution < -0.4 is 5.01 Å². The molecule has 1 aliphatic heterocycles. The number of alkyl halides is 3. The molecule has 0 saturated carbocycles. The van der Waals surface area contributed by atoms with Crippen LogP contribution in [0.1, 0.15) is 29.6 Å². The zero-order valence-corrected chi connectivity index (χ0v) is 11.0. The van der Waals surface area contributed by atoms with Gasteiger partial charge in [0.25, 0.3) is 5.82 Å². The molecule has 1 aliphatic rings. The predicted octanol–water partition coefficient (Wildman–Crippen LogP) is 1.93. The smallest absolute Gasteiger partial charge is 0.273 e. The van der Waals surface area contributed by atoms with Crippen LogP contribution in [-0.2, 0) is 11.0 Å². The lowest BCUT2D eigenvalue weighted by molar-refractivity contribution is -0.148. The van der Waals surface area contributed by atoms with E-state index in [1.54, 1.807) is 30.3 Å². The van der Waals surface area contributed by atoms with Gasteiger partial charge in [-0.1, -0.05) is 30.3 Å².